The first-order chi connectivity index (χ1) is 22.4. The Morgan fingerprint density at radius 3 is 2.53 bits per heavy atom. The molecule has 1 unspecified atom stereocenters. The number of fused-ring (bicyclic) bond motifs is 1. The van der Waals surface area contributed by atoms with E-state index in [0.717, 1.165) is 17.4 Å². The molecule has 47 heavy (non-hydrogen) atoms. The molecule has 11 nitrogen and oxygen atoms in total. The molecule has 1 saturated heterocycles. The standard InChI is InChI=1S/C31H28F3N7O4S2/c1-4-22(42)41-15(2)10-39(11-16(41)3)28-19-9-20(31(32,33)34)23(26-24-21(14-47-26)36-29(43)37-24)27-25(19)40(30(44)38-28)12-18(13-46-27)45-17-5-7-35-8-6-17/h4-9,14-16,18H,1,10-13H2,2-3H3,(H2,36,37,43)/t15-,16+,18?. The van der Waals surface area contributed by atoms with E-state index < -0.39 is 29.2 Å². The number of benzene rings is 1. The molecule has 0 spiro atoms. The van der Waals surface area contributed by atoms with Gasteiger partial charge in [0.2, 0.25) is 5.91 Å². The predicted octanol–water partition coefficient (Wildman–Crippen LogP) is 4.87. The summed E-state index contributed by atoms with van der Waals surface area (Å²) in [5.74, 6) is 0.583. The molecule has 1 aromatic carbocycles. The SMILES string of the molecule is C=CC(=O)N1[C@H](C)CN(c2nc(=O)n3c4c(c(-c5scc6[nH]c(=O)[nH]c56)c(C(F)(F)F)cc24)SCC(Oc2ccncc2)C3)C[C@@H]1C. The molecular formula is C31H28F3N7O4S2. The minimum atomic E-state index is -4.80. The van der Waals surface area contributed by atoms with Crippen LogP contribution in [0.2, 0.25) is 0 Å². The quantitative estimate of drug-likeness (QED) is 0.251. The molecule has 16 heteroatoms. The highest BCUT2D eigenvalue weighted by Gasteiger charge is 2.40. The molecule has 244 valence electrons. The predicted molar refractivity (Wildman–Crippen MR) is 174 cm³/mol. The van der Waals surface area contributed by atoms with E-state index in [1.165, 1.54) is 22.4 Å². The van der Waals surface area contributed by atoms with Crippen LogP contribution < -0.4 is 21.0 Å². The van der Waals surface area contributed by atoms with Gasteiger partial charge in [-0.15, -0.1) is 23.1 Å². The number of halogens is 3. The molecule has 6 heterocycles. The van der Waals surface area contributed by atoms with Crippen LogP contribution in [0.25, 0.3) is 32.4 Å². The maximum Gasteiger partial charge on any atom is 0.417 e. The third-order valence-electron chi connectivity index (χ3n) is 8.41. The highest BCUT2D eigenvalue weighted by atomic mass is 32.2. The van der Waals surface area contributed by atoms with Crippen LogP contribution in [0.3, 0.4) is 0 Å². The molecule has 2 aliphatic rings. The third-order valence-corrected chi connectivity index (χ3v) is 10.6. The number of hydrogen-bond acceptors (Lipinski definition) is 9. The summed E-state index contributed by atoms with van der Waals surface area (Å²) in [7, 11) is 0. The Morgan fingerprint density at radius 1 is 1.13 bits per heavy atom. The number of piperazine rings is 1. The number of H-pyrrole nitrogens is 2. The van der Waals surface area contributed by atoms with Crippen molar-refractivity contribution in [2.45, 2.75) is 49.7 Å². The summed E-state index contributed by atoms with van der Waals surface area (Å²) < 4.78 is 53.1. The number of thioether (sulfide) groups is 1. The van der Waals surface area contributed by atoms with Gasteiger partial charge < -0.3 is 24.5 Å². The van der Waals surface area contributed by atoms with Gasteiger partial charge >= 0.3 is 17.6 Å². The fourth-order valence-corrected chi connectivity index (χ4v) is 8.89. The summed E-state index contributed by atoms with van der Waals surface area (Å²) >= 11 is 2.24. The van der Waals surface area contributed by atoms with Crippen molar-refractivity contribution in [2.24, 2.45) is 0 Å². The number of carbonyl (C=O) groups is 1. The number of pyridine rings is 1. The van der Waals surface area contributed by atoms with Gasteiger partial charge in [-0.2, -0.15) is 18.2 Å². The molecule has 5 aromatic rings. The van der Waals surface area contributed by atoms with Crippen molar-refractivity contribution in [3.63, 3.8) is 0 Å². The maximum atomic E-state index is 15.2. The van der Waals surface area contributed by atoms with Crippen molar-refractivity contribution in [1.29, 1.82) is 0 Å². The number of nitrogens with zero attached hydrogens (tertiary/aromatic N) is 5. The van der Waals surface area contributed by atoms with E-state index in [-0.39, 0.29) is 75.4 Å². The van der Waals surface area contributed by atoms with Crippen LogP contribution >= 0.6 is 23.1 Å². The number of hydrogen-bond donors (Lipinski definition) is 2. The monoisotopic (exact) mass is 683 g/mol. The number of thiophene rings is 1. The van der Waals surface area contributed by atoms with Gasteiger partial charge in [0.1, 0.15) is 17.7 Å². The third kappa shape index (κ3) is 5.38. The summed E-state index contributed by atoms with van der Waals surface area (Å²) in [6.45, 7) is 7.78. The van der Waals surface area contributed by atoms with Gasteiger partial charge in [0.15, 0.2) is 0 Å². The smallest absolute Gasteiger partial charge is 0.417 e. The van der Waals surface area contributed by atoms with Gasteiger partial charge in [-0.1, -0.05) is 6.58 Å². The van der Waals surface area contributed by atoms with Crippen molar-refractivity contribution in [3.8, 4) is 16.2 Å². The first-order valence-electron chi connectivity index (χ1n) is 14.7. The number of anilines is 1. The average molecular weight is 684 g/mol. The first kappa shape index (κ1) is 31.1. The second kappa shape index (κ2) is 11.6. The Morgan fingerprint density at radius 2 is 1.85 bits per heavy atom. The lowest BCUT2D eigenvalue weighted by atomic mass is 10.00. The minimum Gasteiger partial charge on any atom is -0.488 e. The molecule has 0 bridgehead atoms. The van der Waals surface area contributed by atoms with Gasteiger partial charge in [0, 0.05) is 64.5 Å². The zero-order valence-electron chi connectivity index (χ0n) is 25.1. The van der Waals surface area contributed by atoms with Crippen LogP contribution in [0.5, 0.6) is 5.75 Å². The summed E-state index contributed by atoms with van der Waals surface area (Å²) in [4.78, 5) is 56.3. The largest absolute Gasteiger partial charge is 0.488 e. The first-order valence-corrected chi connectivity index (χ1v) is 16.6. The van der Waals surface area contributed by atoms with Crippen LogP contribution in [-0.2, 0) is 17.5 Å². The number of aromatic amines is 2. The van der Waals surface area contributed by atoms with Crippen molar-refractivity contribution < 1.29 is 22.7 Å². The van der Waals surface area contributed by atoms with Gasteiger partial charge in [-0.3, -0.25) is 14.3 Å². The second-order valence-electron chi connectivity index (χ2n) is 11.6. The summed E-state index contributed by atoms with van der Waals surface area (Å²) in [6, 6.07) is 3.72. The molecule has 0 saturated carbocycles. The molecule has 0 radical (unpaired) electrons. The van der Waals surface area contributed by atoms with E-state index in [1.807, 2.05) is 13.8 Å². The number of carbonyl (C=O) groups excluding carboxylic acids is 1. The molecular weight excluding hydrogens is 656 g/mol. The van der Waals surface area contributed by atoms with Gasteiger partial charge in [0.05, 0.1) is 33.5 Å². The van der Waals surface area contributed by atoms with Crippen LogP contribution in [0.15, 0.2) is 63.1 Å². The lowest BCUT2D eigenvalue weighted by molar-refractivity contribution is -0.137. The van der Waals surface area contributed by atoms with Crippen LogP contribution in [-0.4, -0.2) is 72.3 Å². The van der Waals surface area contributed by atoms with E-state index in [9.17, 15) is 14.4 Å². The zero-order chi connectivity index (χ0) is 33.2. The summed E-state index contributed by atoms with van der Waals surface area (Å²) in [5.41, 5.74) is -1.27. The molecule has 0 aliphatic carbocycles. The Balaban J connectivity index is 1.48. The number of nitrogens with one attached hydrogen (secondary N) is 2. The molecule has 1 amide bonds. The Bertz CT molecular complexity index is 2150. The maximum absolute atomic E-state index is 15.2. The molecule has 2 aliphatic heterocycles. The van der Waals surface area contributed by atoms with E-state index in [2.05, 4.69) is 26.5 Å². The van der Waals surface area contributed by atoms with Gasteiger partial charge in [0.25, 0.3) is 0 Å². The number of ether oxygens (including phenoxy) is 1. The number of alkyl halides is 3. The van der Waals surface area contributed by atoms with E-state index in [0.29, 0.717) is 16.8 Å². The lowest BCUT2D eigenvalue weighted by Gasteiger charge is -2.44. The fraction of sp³-hybridized carbons (Fsp3) is 0.323. The number of imidazole rings is 1. The summed E-state index contributed by atoms with van der Waals surface area (Å²) in [6.07, 6.45) is -1.05. The Hall–Kier alpha value is -4.57. The van der Waals surface area contributed by atoms with Crippen LogP contribution in [0, 0.1) is 0 Å². The normalized spacial score (nSPS) is 20.1. The molecule has 2 N–H and O–H groups in total. The van der Waals surface area contributed by atoms with Crippen molar-refractivity contribution in [2.75, 3.05) is 23.7 Å². The van der Waals surface area contributed by atoms with E-state index in [4.69, 9.17) is 4.74 Å². The molecule has 3 atom stereocenters. The lowest BCUT2D eigenvalue weighted by Crippen LogP contribution is -2.58. The fourth-order valence-electron chi connectivity index (χ4n) is 6.57. The van der Waals surface area contributed by atoms with Crippen LogP contribution in [0.4, 0.5) is 19.0 Å². The zero-order valence-corrected chi connectivity index (χ0v) is 26.8. The van der Waals surface area contributed by atoms with Gasteiger partial charge in [-0.05, 0) is 38.1 Å². The van der Waals surface area contributed by atoms with E-state index >= 15 is 13.2 Å². The number of amides is 1. The number of aromatic nitrogens is 5. The molecule has 1 fully saturated rings. The minimum absolute atomic E-state index is 0.0327. The molecule has 4 aromatic heterocycles. The highest BCUT2D eigenvalue weighted by molar-refractivity contribution is 7.99. The Kier molecular flexibility index (Phi) is 7.66. The Labute approximate surface area is 273 Å². The second-order valence-corrected chi connectivity index (χ2v) is 13.5. The van der Waals surface area contributed by atoms with Crippen molar-refractivity contribution in [3.05, 3.63) is 75.2 Å². The van der Waals surface area contributed by atoms with Crippen molar-refractivity contribution in [1.82, 2.24) is 29.4 Å². The molecule has 7 rings (SSSR count). The summed E-state index contributed by atoms with van der Waals surface area (Å²) in [5, 5.41) is 1.75. The van der Waals surface area contributed by atoms with Crippen molar-refractivity contribution >= 4 is 56.8 Å². The average Bonchev–Trinajstić information content (AvgIpc) is 3.51. The topological polar surface area (TPSA) is 129 Å². The van der Waals surface area contributed by atoms with Gasteiger partial charge in [-0.25, -0.2) is 9.59 Å². The highest BCUT2D eigenvalue weighted by Crippen LogP contribution is 2.50. The number of rotatable bonds is 5. The van der Waals surface area contributed by atoms with Crippen LogP contribution in [0.1, 0.15) is 19.4 Å². The van der Waals surface area contributed by atoms with E-state index in [1.54, 1.807) is 39.7 Å².